The third-order valence-corrected chi connectivity index (χ3v) is 7.04. The summed E-state index contributed by atoms with van der Waals surface area (Å²) in [5.41, 5.74) is 2.21. The zero-order chi connectivity index (χ0) is 26.3. The molecule has 3 aromatic rings. The molecule has 36 heavy (non-hydrogen) atoms. The van der Waals surface area contributed by atoms with Gasteiger partial charge in [-0.05, 0) is 48.2 Å². The molecule has 0 spiro atoms. The van der Waals surface area contributed by atoms with Crippen LogP contribution < -0.4 is 0 Å². The molecule has 0 saturated carbocycles. The van der Waals surface area contributed by atoms with E-state index in [1.165, 1.54) is 7.11 Å². The Morgan fingerprint density at radius 2 is 1.50 bits per heavy atom. The third-order valence-electron chi connectivity index (χ3n) is 5.14. The van der Waals surface area contributed by atoms with Crippen LogP contribution >= 0.6 is 58.7 Å². The zero-order valence-corrected chi connectivity index (χ0v) is 23.6. The molecule has 0 amide bonds. The van der Waals surface area contributed by atoms with E-state index in [0.29, 0.717) is 32.6 Å². The molecule has 194 valence electrons. The standard InChI is InChI=1S/C14H14Cl2N2.C12H14Cl2O3S/c1-2-3-12(9-18-7-6-17-10-18)11-4-5-13(15)14(16)8-11;1-3-4-10(8-16-18-17-15-2)9-5-6-11(13)12(14)7-9/h2,4-8,10,12H,1,3,9H2;3,5-7,10H,1,4,8H2,2H3/t12-;10-/m11/s1. The van der Waals surface area contributed by atoms with E-state index in [2.05, 4.69) is 31.9 Å². The predicted molar refractivity (Wildman–Crippen MR) is 152 cm³/mol. The molecule has 3 rings (SSSR count). The van der Waals surface area contributed by atoms with Crippen molar-refractivity contribution in [2.75, 3.05) is 13.7 Å². The van der Waals surface area contributed by atoms with Crippen LogP contribution in [0.1, 0.15) is 35.8 Å². The molecular formula is C26H28Cl4N2O3S. The Balaban J connectivity index is 0.000000254. The van der Waals surface area contributed by atoms with Crippen LogP contribution in [0, 0.1) is 0 Å². The van der Waals surface area contributed by atoms with E-state index < -0.39 is 0 Å². The van der Waals surface area contributed by atoms with Crippen molar-refractivity contribution in [1.82, 2.24) is 9.55 Å². The van der Waals surface area contributed by atoms with Crippen LogP contribution in [-0.4, -0.2) is 23.3 Å². The zero-order valence-electron chi connectivity index (χ0n) is 19.8. The van der Waals surface area contributed by atoms with Gasteiger partial charge >= 0.3 is 0 Å². The molecule has 0 aliphatic heterocycles. The van der Waals surface area contributed by atoms with Gasteiger partial charge in [0.05, 0.1) is 40.1 Å². The first-order valence-corrected chi connectivity index (χ1v) is 13.1. The maximum atomic E-state index is 6.06. The number of allylic oxidation sites excluding steroid dienone is 2. The number of halogens is 4. The van der Waals surface area contributed by atoms with Crippen molar-refractivity contribution in [2.24, 2.45) is 0 Å². The molecule has 0 fully saturated rings. The van der Waals surface area contributed by atoms with Crippen molar-refractivity contribution in [3.63, 3.8) is 0 Å². The predicted octanol–water partition coefficient (Wildman–Crippen LogP) is 9.36. The second-order valence-electron chi connectivity index (χ2n) is 7.64. The molecule has 1 aromatic heterocycles. The third kappa shape index (κ3) is 10.5. The highest BCUT2D eigenvalue weighted by Crippen LogP contribution is 2.30. The lowest BCUT2D eigenvalue weighted by molar-refractivity contribution is -0.166. The van der Waals surface area contributed by atoms with Crippen LogP contribution in [0.25, 0.3) is 0 Å². The van der Waals surface area contributed by atoms with Gasteiger partial charge in [-0.1, -0.05) is 70.7 Å². The molecule has 0 aliphatic rings. The van der Waals surface area contributed by atoms with Gasteiger partial charge in [-0.15, -0.1) is 17.5 Å². The van der Waals surface area contributed by atoms with E-state index in [-0.39, 0.29) is 5.92 Å². The van der Waals surface area contributed by atoms with E-state index in [4.69, 9.17) is 50.6 Å². The van der Waals surface area contributed by atoms with Gasteiger partial charge in [-0.25, -0.2) is 9.87 Å². The Labute approximate surface area is 237 Å². The molecule has 2 atom stereocenters. The summed E-state index contributed by atoms with van der Waals surface area (Å²) < 4.78 is 11.9. The minimum atomic E-state index is 0.144. The van der Waals surface area contributed by atoms with Crippen molar-refractivity contribution < 1.29 is 13.4 Å². The lowest BCUT2D eigenvalue weighted by atomic mass is 9.95. The van der Waals surface area contributed by atoms with E-state index in [9.17, 15) is 0 Å². The van der Waals surface area contributed by atoms with Gasteiger partial charge in [-0.2, -0.15) is 0 Å². The lowest BCUT2D eigenvalue weighted by Gasteiger charge is -2.16. The minimum absolute atomic E-state index is 0.144. The number of imidazole rings is 1. The monoisotopic (exact) mass is 588 g/mol. The Morgan fingerprint density at radius 3 is 2.00 bits per heavy atom. The second kappa shape index (κ2) is 17.1. The van der Waals surface area contributed by atoms with Gasteiger partial charge in [0.2, 0.25) is 0 Å². The quantitative estimate of drug-likeness (QED) is 0.0653. The number of hydrogen-bond donors (Lipinski definition) is 0. The van der Waals surface area contributed by atoms with Crippen LogP contribution in [0.3, 0.4) is 0 Å². The normalized spacial score (nSPS) is 12.4. The van der Waals surface area contributed by atoms with Gasteiger partial charge in [0.1, 0.15) is 0 Å². The van der Waals surface area contributed by atoms with Crippen LogP contribution in [0.4, 0.5) is 0 Å². The van der Waals surface area contributed by atoms with Crippen molar-refractivity contribution in [1.29, 1.82) is 0 Å². The summed E-state index contributed by atoms with van der Waals surface area (Å²) >= 11 is 24.7. The molecule has 0 N–H and O–H groups in total. The van der Waals surface area contributed by atoms with E-state index >= 15 is 0 Å². The van der Waals surface area contributed by atoms with Gasteiger partial charge < -0.3 is 4.57 Å². The van der Waals surface area contributed by atoms with Crippen molar-refractivity contribution in [3.05, 3.63) is 112 Å². The minimum Gasteiger partial charge on any atom is -0.337 e. The first kappa shape index (κ1) is 30.7. The number of hydrogen-bond acceptors (Lipinski definition) is 5. The Hall–Kier alpha value is -1.48. The summed E-state index contributed by atoms with van der Waals surface area (Å²) in [6.07, 6.45) is 10.9. The molecule has 1 heterocycles. The highest BCUT2D eigenvalue weighted by molar-refractivity contribution is 7.89. The average molecular weight is 590 g/mol. The molecule has 0 radical (unpaired) electrons. The smallest absolute Gasteiger partial charge is 0.194 e. The summed E-state index contributed by atoms with van der Waals surface area (Å²) in [4.78, 5) is 8.45. The molecule has 2 aromatic carbocycles. The Morgan fingerprint density at radius 1 is 0.917 bits per heavy atom. The average Bonchev–Trinajstić information content (AvgIpc) is 3.38. The van der Waals surface area contributed by atoms with E-state index in [1.54, 1.807) is 12.3 Å². The topological polar surface area (TPSA) is 45.5 Å². The molecular weight excluding hydrogens is 562 g/mol. The molecule has 0 bridgehead atoms. The van der Waals surface area contributed by atoms with Gasteiger partial charge in [-0.3, -0.25) is 4.18 Å². The van der Waals surface area contributed by atoms with Crippen molar-refractivity contribution in [3.8, 4) is 0 Å². The van der Waals surface area contributed by atoms with E-state index in [1.807, 2.05) is 55.0 Å². The van der Waals surface area contributed by atoms with Gasteiger partial charge in [0.15, 0.2) is 12.3 Å². The highest BCUT2D eigenvalue weighted by Gasteiger charge is 2.13. The Bertz CT molecular complexity index is 1080. The highest BCUT2D eigenvalue weighted by atomic mass is 35.5. The number of aromatic nitrogens is 2. The fraction of sp³-hybridized carbons (Fsp3) is 0.269. The van der Waals surface area contributed by atoms with Gasteiger partial charge in [0.25, 0.3) is 0 Å². The largest absolute Gasteiger partial charge is 0.337 e. The fourth-order valence-electron chi connectivity index (χ4n) is 3.36. The van der Waals surface area contributed by atoms with Crippen molar-refractivity contribution >= 4 is 58.7 Å². The Kier molecular flexibility index (Phi) is 14.6. The summed E-state index contributed by atoms with van der Waals surface area (Å²) in [5.74, 6) is 0.469. The second-order valence-corrected chi connectivity index (χ2v) is 9.77. The molecule has 5 nitrogen and oxygen atoms in total. The first-order chi connectivity index (χ1) is 17.4. The maximum Gasteiger partial charge on any atom is 0.194 e. The van der Waals surface area contributed by atoms with Gasteiger partial charge in [0, 0.05) is 30.8 Å². The van der Waals surface area contributed by atoms with Crippen LogP contribution in [0.2, 0.25) is 20.1 Å². The SMILES string of the molecule is C=CC[C@H](COSOOC)c1ccc(Cl)c(Cl)c1.C=CC[C@H](Cn1ccnc1)c1ccc(Cl)c(Cl)c1. The van der Waals surface area contributed by atoms with Crippen LogP contribution in [0.5, 0.6) is 0 Å². The number of nitrogens with zero attached hydrogens (tertiary/aromatic N) is 2. The molecule has 10 heteroatoms. The summed E-state index contributed by atoms with van der Waals surface area (Å²) in [6, 6.07) is 11.3. The van der Waals surface area contributed by atoms with Crippen molar-refractivity contribution in [2.45, 2.75) is 31.2 Å². The van der Waals surface area contributed by atoms with Crippen LogP contribution in [0.15, 0.2) is 80.4 Å². The number of benzene rings is 2. The molecule has 0 saturated heterocycles. The summed E-state index contributed by atoms with van der Waals surface area (Å²) in [7, 11) is 1.41. The van der Waals surface area contributed by atoms with E-state index in [0.717, 1.165) is 42.8 Å². The molecule has 0 unspecified atom stereocenters. The lowest BCUT2D eigenvalue weighted by Crippen LogP contribution is -2.07. The number of rotatable bonds is 13. The summed E-state index contributed by atoms with van der Waals surface area (Å²) in [6.45, 7) is 8.85. The first-order valence-electron chi connectivity index (χ1n) is 11.0. The van der Waals surface area contributed by atoms with Crippen LogP contribution in [-0.2, 0) is 19.9 Å². The summed E-state index contributed by atoms with van der Waals surface area (Å²) in [5, 5.41) is 2.24. The fourth-order valence-corrected chi connectivity index (χ4v) is 4.29. The molecule has 0 aliphatic carbocycles. The maximum absolute atomic E-state index is 6.06.